The molecular weight excluding hydrogens is 396 g/mol. The molecule has 0 fully saturated rings. The molecule has 164 valence electrons. The van der Waals surface area contributed by atoms with E-state index in [2.05, 4.69) is 22.8 Å². The van der Waals surface area contributed by atoms with Gasteiger partial charge in [0.2, 0.25) is 5.91 Å². The first kappa shape index (κ1) is 22.3. The van der Waals surface area contributed by atoms with Gasteiger partial charge in [0, 0.05) is 12.5 Å². The van der Waals surface area contributed by atoms with E-state index in [0.717, 1.165) is 22.3 Å². The molecule has 7 heteroatoms. The predicted octanol–water partition coefficient (Wildman–Crippen LogP) is 3.53. The van der Waals surface area contributed by atoms with Crippen molar-refractivity contribution in [1.82, 2.24) is 10.6 Å². The van der Waals surface area contributed by atoms with E-state index in [1.54, 1.807) is 20.8 Å². The van der Waals surface area contributed by atoms with Gasteiger partial charge in [-0.05, 0) is 42.5 Å². The quantitative estimate of drug-likeness (QED) is 0.601. The summed E-state index contributed by atoms with van der Waals surface area (Å²) in [5, 5.41) is 14.2. The normalized spacial score (nSPS) is 13.6. The molecule has 1 aliphatic carbocycles. The molecule has 0 spiro atoms. The minimum absolute atomic E-state index is 0.0194. The van der Waals surface area contributed by atoms with Gasteiger partial charge in [-0.1, -0.05) is 55.5 Å². The molecular formula is C24H28N2O5. The maximum atomic E-state index is 12.4. The number of nitrogens with one attached hydrogen (secondary N) is 2. The summed E-state index contributed by atoms with van der Waals surface area (Å²) in [5.74, 6) is -1.58. The summed E-state index contributed by atoms with van der Waals surface area (Å²) in [4.78, 5) is 35.9. The molecule has 2 aromatic carbocycles. The fourth-order valence-corrected chi connectivity index (χ4v) is 3.71. The SMILES string of the molecule is CCC(NC(=O)C(C)(C)CNC(=O)OCC1c2ccccc2-c2ccccc21)C(=O)O. The molecule has 0 saturated heterocycles. The number of ether oxygens (including phenoxy) is 1. The largest absolute Gasteiger partial charge is 0.480 e. The Hall–Kier alpha value is -3.35. The van der Waals surface area contributed by atoms with Gasteiger partial charge in [0.15, 0.2) is 0 Å². The van der Waals surface area contributed by atoms with Crippen LogP contribution in [0.5, 0.6) is 0 Å². The average Bonchev–Trinajstić information content (AvgIpc) is 3.08. The smallest absolute Gasteiger partial charge is 0.407 e. The third kappa shape index (κ3) is 4.87. The summed E-state index contributed by atoms with van der Waals surface area (Å²) >= 11 is 0. The molecule has 7 nitrogen and oxygen atoms in total. The van der Waals surface area contributed by atoms with Crippen molar-refractivity contribution >= 4 is 18.0 Å². The minimum Gasteiger partial charge on any atom is -0.480 e. The highest BCUT2D eigenvalue weighted by atomic mass is 16.5. The van der Waals surface area contributed by atoms with E-state index in [9.17, 15) is 14.4 Å². The van der Waals surface area contributed by atoms with Crippen molar-refractivity contribution in [2.24, 2.45) is 5.41 Å². The van der Waals surface area contributed by atoms with Crippen molar-refractivity contribution in [2.45, 2.75) is 39.2 Å². The van der Waals surface area contributed by atoms with Crippen molar-refractivity contribution < 1.29 is 24.2 Å². The van der Waals surface area contributed by atoms with E-state index in [1.165, 1.54) is 0 Å². The van der Waals surface area contributed by atoms with Crippen LogP contribution in [0.15, 0.2) is 48.5 Å². The third-order valence-corrected chi connectivity index (χ3v) is 5.64. The van der Waals surface area contributed by atoms with Gasteiger partial charge in [0.25, 0.3) is 0 Å². The van der Waals surface area contributed by atoms with Gasteiger partial charge in [-0.25, -0.2) is 9.59 Å². The number of hydrogen-bond donors (Lipinski definition) is 3. The third-order valence-electron chi connectivity index (χ3n) is 5.64. The maximum absolute atomic E-state index is 12.4. The van der Waals surface area contributed by atoms with Gasteiger partial charge < -0.3 is 20.5 Å². The highest BCUT2D eigenvalue weighted by Gasteiger charge is 2.32. The zero-order valence-corrected chi connectivity index (χ0v) is 18.0. The van der Waals surface area contributed by atoms with Crippen LogP contribution in [-0.2, 0) is 14.3 Å². The standard InChI is InChI=1S/C24H28N2O5/c1-4-20(21(27)28)26-22(29)24(2,3)14-25-23(30)31-13-19-17-11-7-5-9-15(17)16-10-6-8-12-18(16)19/h5-12,19-20H,4,13-14H2,1-3H3,(H,25,30)(H,26,29)(H,27,28). The van der Waals surface area contributed by atoms with E-state index >= 15 is 0 Å². The molecule has 3 rings (SSSR count). The Morgan fingerprint density at radius 2 is 1.58 bits per heavy atom. The summed E-state index contributed by atoms with van der Waals surface area (Å²) in [6.45, 7) is 5.16. The first-order valence-electron chi connectivity index (χ1n) is 10.4. The number of fused-ring (bicyclic) bond motifs is 3. The lowest BCUT2D eigenvalue weighted by Gasteiger charge is -2.26. The van der Waals surface area contributed by atoms with Crippen molar-refractivity contribution in [3.05, 3.63) is 59.7 Å². The van der Waals surface area contributed by atoms with Crippen LogP contribution in [0, 0.1) is 5.41 Å². The molecule has 1 unspecified atom stereocenters. The van der Waals surface area contributed by atoms with Gasteiger partial charge in [-0.3, -0.25) is 4.79 Å². The Bertz CT molecular complexity index is 940. The first-order valence-corrected chi connectivity index (χ1v) is 10.4. The highest BCUT2D eigenvalue weighted by Crippen LogP contribution is 2.44. The molecule has 1 atom stereocenters. The van der Waals surface area contributed by atoms with Crippen molar-refractivity contribution in [3.8, 4) is 11.1 Å². The van der Waals surface area contributed by atoms with Gasteiger partial charge in [0.05, 0.1) is 5.41 Å². The summed E-state index contributed by atoms with van der Waals surface area (Å²) in [5.41, 5.74) is 3.54. The number of carbonyl (C=O) groups is 3. The number of carboxylic acid groups (broad SMARTS) is 1. The number of rotatable bonds is 8. The van der Waals surface area contributed by atoms with E-state index < -0.39 is 29.4 Å². The number of hydrogen-bond acceptors (Lipinski definition) is 4. The Morgan fingerprint density at radius 1 is 1.03 bits per heavy atom. The summed E-state index contributed by atoms with van der Waals surface area (Å²) in [6.07, 6.45) is -0.343. The van der Waals surface area contributed by atoms with E-state index in [1.807, 2.05) is 36.4 Å². The molecule has 3 N–H and O–H groups in total. The fraction of sp³-hybridized carbons (Fsp3) is 0.375. The number of alkyl carbamates (subject to hydrolysis) is 1. The monoisotopic (exact) mass is 424 g/mol. The molecule has 0 radical (unpaired) electrons. The van der Waals surface area contributed by atoms with Crippen LogP contribution in [-0.4, -0.2) is 42.3 Å². The fourth-order valence-electron chi connectivity index (χ4n) is 3.71. The molecule has 0 aromatic heterocycles. The summed E-state index contributed by atoms with van der Waals surface area (Å²) in [7, 11) is 0. The van der Waals surface area contributed by atoms with Crippen LogP contribution in [0.25, 0.3) is 11.1 Å². The lowest BCUT2D eigenvalue weighted by Crippen LogP contribution is -2.50. The van der Waals surface area contributed by atoms with Crippen molar-refractivity contribution in [3.63, 3.8) is 0 Å². The van der Waals surface area contributed by atoms with Crippen LogP contribution in [0.1, 0.15) is 44.2 Å². The second kappa shape index (κ2) is 9.20. The number of carbonyl (C=O) groups excluding carboxylic acids is 2. The highest BCUT2D eigenvalue weighted by molar-refractivity contribution is 5.87. The van der Waals surface area contributed by atoms with E-state index in [0.29, 0.717) is 0 Å². The molecule has 0 saturated carbocycles. The molecule has 2 aromatic rings. The molecule has 2 amide bonds. The minimum atomic E-state index is -1.09. The molecule has 0 bridgehead atoms. The topological polar surface area (TPSA) is 105 Å². The molecule has 31 heavy (non-hydrogen) atoms. The molecule has 0 heterocycles. The summed E-state index contributed by atoms with van der Waals surface area (Å²) < 4.78 is 5.48. The second-order valence-electron chi connectivity index (χ2n) is 8.34. The zero-order chi connectivity index (χ0) is 22.6. The van der Waals surface area contributed by atoms with Crippen LogP contribution in [0.2, 0.25) is 0 Å². The number of aliphatic carboxylic acids is 1. The first-order chi connectivity index (χ1) is 14.7. The van der Waals surface area contributed by atoms with Crippen molar-refractivity contribution in [1.29, 1.82) is 0 Å². The summed E-state index contributed by atoms with van der Waals surface area (Å²) in [6, 6.07) is 15.2. The number of carboxylic acids is 1. The van der Waals surface area contributed by atoms with Crippen LogP contribution in [0.3, 0.4) is 0 Å². The lowest BCUT2D eigenvalue weighted by atomic mass is 9.91. The van der Waals surface area contributed by atoms with Crippen LogP contribution in [0.4, 0.5) is 4.79 Å². The Kier molecular flexibility index (Phi) is 6.63. The van der Waals surface area contributed by atoms with Gasteiger partial charge in [0.1, 0.15) is 12.6 Å². The van der Waals surface area contributed by atoms with Crippen LogP contribution >= 0.6 is 0 Å². The average molecular weight is 424 g/mol. The number of benzene rings is 2. The van der Waals surface area contributed by atoms with E-state index in [-0.39, 0.29) is 25.5 Å². The molecule has 1 aliphatic rings. The second-order valence-corrected chi connectivity index (χ2v) is 8.34. The Labute approximate surface area is 181 Å². The Morgan fingerprint density at radius 3 is 2.10 bits per heavy atom. The van der Waals surface area contributed by atoms with E-state index in [4.69, 9.17) is 9.84 Å². The van der Waals surface area contributed by atoms with Crippen LogP contribution < -0.4 is 10.6 Å². The lowest BCUT2D eigenvalue weighted by molar-refractivity contribution is -0.143. The predicted molar refractivity (Wildman–Crippen MR) is 117 cm³/mol. The number of amides is 2. The molecule has 0 aliphatic heterocycles. The zero-order valence-electron chi connectivity index (χ0n) is 18.0. The van der Waals surface area contributed by atoms with Gasteiger partial charge >= 0.3 is 12.1 Å². The maximum Gasteiger partial charge on any atom is 0.407 e. The van der Waals surface area contributed by atoms with Gasteiger partial charge in [-0.15, -0.1) is 0 Å². The van der Waals surface area contributed by atoms with Gasteiger partial charge in [-0.2, -0.15) is 0 Å². The Balaban J connectivity index is 1.57. The van der Waals surface area contributed by atoms with Crippen molar-refractivity contribution in [2.75, 3.05) is 13.2 Å².